The number of rotatable bonds is 5. The van der Waals surface area contributed by atoms with E-state index in [0.717, 1.165) is 24.0 Å². The third-order valence-electron chi connectivity index (χ3n) is 4.26. The van der Waals surface area contributed by atoms with E-state index >= 15 is 0 Å². The predicted octanol–water partition coefficient (Wildman–Crippen LogP) is 2.11. The van der Waals surface area contributed by atoms with E-state index in [1.807, 2.05) is 22.8 Å². The molecule has 0 bridgehead atoms. The number of benzene rings is 1. The summed E-state index contributed by atoms with van der Waals surface area (Å²) in [6.07, 6.45) is 4.71. The van der Waals surface area contributed by atoms with Crippen molar-refractivity contribution >= 4 is 17.0 Å². The molecule has 0 aliphatic carbocycles. The van der Waals surface area contributed by atoms with Gasteiger partial charge in [-0.1, -0.05) is 30.3 Å². The Balaban J connectivity index is 1.57. The molecule has 3 heterocycles. The van der Waals surface area contributed by atoms with Crippen LogP contribution in [0.25, 0.3) is 11.2 Å². The molecule has 2 N–H and O–H groups in total. The normalized spacial score (nSPS) is 20.5. The van der Waals surface area contributed by atoms with Gasteiger partial charge in [0, 0.05) is 6.54 Å². The van der Waals surface area contributed by atoms with Gasteiger partial charge in [-0.25, -0.2) is 15.0 Å². The zero-order valence-electron chi connectivity index (χ0n) is 13.2. The van der Waals surface area contributed by atoms with Gasteiger partial charge in [0.15, 0.2) is 17.0 Å². The van der Waals surface area contributed by atoms with Gasteiger partial charge in [0.25, 0.3) is 0 Å². The van der Waals surface area contributed by atoms with Crippen molar-refractivity contribution in [2.75, 3.05) is 11.9 Å². The van der Waals surface area contributed by atoms with E-state index in [2.05, 4.69) is 32.4 Å². The van der Waals surface area contributed by atoms with E-state index in [0.29, 0.717) is 12.4 Å². The molecule has 1 aliphatic rings. The second-order valence-corrected chi connectivity index (χ2v) is 5.86. The molecule has 2 aromatic heterocycles. The Kier molecular flexibility index (Phi) is 4.10. The number of ether oxygens (including phenoxy) is 1. The van der Waals surface area contributed by atoms with Crippen molar-refractivity contribution in [2.24, 2.45) is 0 Å². The van der Waals surface area contributed by atoms with E-state index in [1.165, 1.54) is 11.9 Å². The fourth-order valence-corrected chi connectivity index (χ4v) is 3.00. The largest absolute Gasteiger partial charge is 0.394 e. The highest BCUT2D eigenvalue weighted by atomic mass is 16.5. The van der Waals surface area contributed by atoms with E-state index in [9.17, 15) is 5.11 Å². The highest BCUT2D eigenvalue weighted by Gasteiger charge is 2.27. The molecule has 2 atom stereocenters. The van der Waals surface area contributed by atoms with Crippen molar-refractivity contribution in [3.8, 4) is 0 Å². The molecule has 1 fully saturated rings. The minimum atomic E-state index is -0.135. The Morgan fingerprint density at radius 3 is 2.83 bits per heavy atom. The zero-order valence-corrected chi connectivity index (χ0v) is 13.2. The maximum atomic E-state index is 9.23. The molecular weight excluding hydrogens is 306 g/mol. The van der Waals surface area contributed by atoms with Gasteiger partial charge in [0.2, 0.25) is 0 Å². The number of hydrogen-bond acceptors (Lipinski definition) is 6. The fourth-order valence-electron chi connectivity index (χ4n) is 3.00. The predicted molar refractivity (Wildman–Crippen MR) is 89.3 cm³/mol. The summed E-state index contributed by atoms with van der Waals surface area (Å²) in [5, 5.41) is 12.6. The lowest BCUT2D eigenvalue weighted by Gasteiger charge is -2.14. The highest BCUT2D eigenvalue weighted by molar-refractivity contribution is 5.82. The Morgan fingerprint density at radius 1 is 1.17 bits per heavy atom. The molecule has 1 aromatic carbocycles. The lowest BCUT2D eigenvalue weighted by molar-refractivity contribution is -0.0207. The molecule has 0 radical (unpaired) electrons. The van der Waals surface area contributed by atoms with Gasteiger partial charge in [0.05, 0.1) is 19.0 Å². The van der Waals surface area contributed by atoms with Crippen LogP contribution in [0.15, 0.2) is 43.0 Å². The van der Waals surface area contributed by atoms with Crippen LogP contribution in [0.4, 0.5) is 5.82 Å². The van der Waals surface area contributed by atoms with Gasteiger partial charge in [-0.2, -0.15) is 0 Å². The summed E-state index contributed by atoms with van der Waals surface area (Å²) in [5.74, 6) is 0.708. The Bertz CT molecular complexity index is 820. The minimum absolute atomic E-state index is 0.0436. The first kappa shape index (κ1) is 15.0. The summed E-state index contributed by atoms with van der Waals surface area (Å²) < 4.78 is 7.74. The van der Waals surface area contributed by atoms with Crippen LogP contribution in [-0.4, -0.2) is 37.3 Å². The van der Waals surface area contributed by atoms with E-state index < -0.39 is 0 Å². The number of nitrogens with zero attached hydrogens (tertiary/aromatic N) is 4. The number of aliphatic hydroxyl groups excluding tert-OH is 1. The molecule has 2 unspecified atom stereocenters. The maximum absolute atomic E-state index is 9.23. The van der Waals surface area contributed by atoms with Crippen molar-refractivity contribution in [2.45, 2.75) is 31.7 Å². The number of fused-ring (bicyclic) bond motifs is 1. The van der Waals surface area contributed by atoms with Gasteiger partial charge in [0.1, 0.15) is 12.6 Å². The summed E-state index contributed by atoms with van der Waals surface area (Å²) in [6.45, 7) is 0.717. The second kappa shape index (κ2) is 6.54. The summed E-state index contributed by atoms with van der Waals surface area (Å²) in [6, 6.07) is 10.1. The third-order valence-corrected chi connectivity index (χ3v) is 4.26. The topological polar surface area (TPSA) is 85.1 Å². The highest BCUT2D eigenvalue weighted by Crippen LogP contribution is 2.31. The van der Waals surface area contributed by atoms with Crippen molar-refractivity contribution in [1.82, 2.24) is 19.5 Å². The van der Waals surface area contributed by atoms with E-state index in [1.54, 1.807) is 6.33 Å². The smallest absolute Gasteiger partial charge is 0.167 e. The van der Waals surface area contributed by atoms with Crippen LogP contribution in [0.2, 0.25) is 0 Å². The van der Waals surface area contributed by atoms with E-state index in [-0.39, 0.29) is 18.9 Å². The van der Waals surface area contributed by atoms with Crippen molar-refractivity contribution in [3.63, 3.8) is 0 Å². The summed E-state index contributed by atoms with van der Waals surface area (Å²) >= 11 is 0. The lowest BCUT2D eigenvalue weighted by atomic mass is 10.2. The number of aliphatic hydroxyl groups is 1. The molecule has 3 aromatic rings. The van der Waals surface area contributed by atoms with Crippen LogP contribution in [0.5, 0.6) is 0 Å². The van der Waals surface area contributed by atoms with Crippen LogP contribution in [0.1, 0.15) is 24.6 Å². The molecule has 0 saturated carbocycles. The number of imidazole rings is 1. The summed E-state index contributed by atoms with van der Waals surface area (Å²) in [7, 11) is 0. The first-order valence-corrected chi connectivity index (χ1v) is 8.07. The molecule has 0 amide bonds. The number of anilines is 1. The molecule has 1 aliphatic heterocycles. The average molecular weight is 325 g/mol. The third kappa shape index (κ3) is 2.83. The van der Waals surface area contributed by atoms with Crippen molar-refractivity contribution in [1.29, 1.82) is 0 Å². The number of nitrogens with one attached hydrogen (secondary N) is 1. The lowest BCUT2D eigenvalue weighted by Crippen LogP contribution is -2.14. The molecule has 7 nitrogen and oxygen atoms in total. The molecule has 4 rings (SSSR count). The molecule has 124 valence electrons. The van der Waals surface area contributed by atoms with Crippen molar-refractivity contribution in [3.05, 3.63) is 48.5 Å². The number of aromatic nitrogens is 4. The van der Waals surface area contributed by atoms with Crippen LogP contribution in [0, 0.1) is 0 Å². The zero-order chi connectivity index (χ0) is 16.4. The quantitative estimate of drug-likeness (QED) is 0.747. The van der Waals surface area contributed by atoms with Gasteiger partial charge >= 0.3 is 0 Å². The Labute approximate surface area is 139 Å². The monoisotopic (exact) mass is 325 g/mol. The van der Waals surface area contributed by atoms with Crippen LogP contribution in [-0.2, 0) is 11.3 Å². The maximum Gasteiger partial charge on any atom is 0.167 e. The molecule has 7 heteroatoms. The van der Waals surface area contributed by atoms with Gasteiger partial charge in [-0.05, 0) is 18.4 Å². The van der Waals surface area contributed by atoms with Gasteiger partial charge in [-0.3, -0.25) is 4.57 Å². The van der Waals surface area contributed by atoms with Crippen LogP contribution in [0.3, 0.4) is 0 Å². The molecule has 1 saturated heterocycles. The SMILES string of the molecule is OCC1CCC(n2cnc3c(NCc4ccccc4)ncnc32)O1. The van der Waals surface area contributed by atoms with Gasteiger partial charge in [-0.15, -0.1) is 0 Å². The molecule has 24 heavy (non-hydrogen) atoms. The van der Waals surface area contributed by atoms with Crippen LogP contribution < -0.4 is 5.32 Å². The standard InChI is InChI=1S/C17H19N5O2/c23-9-13-6-7-14(24-13)22-11-21-15-16(19-10-20-17(15)22)18-8-12-4-2-1-3-5-12/h1-5,10-11,13-14,23H,6-9H2,(H,18,19,20). The Hall–Kier alpha value is -2.51. The molecular formula is C17H19N5O2. The Morgan fingerprint density at radius 2 is 2.04 bits per heavy atom. The summed E-state index contributed by atoms with van der Waals surface area (Å²) in [5.41, 5.74) is 2.64. The van der Waals surface area contributed by atoms with Crippen LogP contribution >= 0.6 is 0 Å². The first-order chi connectivity index (χ1) is 11.8. The van der Waals surface area contributed by atoms with Gasteiger partial charge < -0.3 is 15.2 Å². The fraction of sp³-hybridized carbons (Fsp3) is 0.353. The van der Waals surface area contributed by atoms with E-state index in [4.69, 9.17) is 4.74 Å². The van der Waals surface area contributed by atoms with Crippen molar-refractivity contribution < 1.29 is 9.84 Å². The number of hydrogen-bond donors (Lipinski definition) is 2. The average Bonchev–Trinajstić information content (AvgIpc) is 3.27. The minimum Gasteiger partial charge on any atom is -0.394 e. The summed E-state index contributed by atoms with van der Waals surface area (Å²) in [4.78, 5) is 13.1. The molecule has 0 spiro atoms. The first-order valence-electron chi connectivity index (χ1n) is 8.07. The second-order valence-electron chi connectivity index (χ2n) is 5.86.